The van der Waals surface area contributed by atoms with Crippen molar-refractivity contribution in [2.75, 3.05) is 26.9 Å². The van der Waals surface area contributed by atoms with Gasteiger partial charge < -0.3 is 15.2 Å². The molecule has 1 unspecified atom stereocenters. The first-order chi connectivity index (χ1) is 6.27. The summed E-state index contributed by atoms with van der Waals surface area (Å²) in [6, 6.07) is 0. The lowest BCUT2D eigenvalue weighted by Crippen LogP contribution is -2.42. The van der Waals surface area contributed by atoms with Crippen LogP contribution in [0.15, 0.2) is 0 Å². The Morgan fingerprint density at radius 3 is 2.21 bits per heavy atom. The van der Waals surface area contributed by atoms with Gasteiger partial charge in [-0.1, -0.05) is 0 Å². The predicted molar refractivity (Wildman–Crippen MR) is 46.0 cm³/mol. The van der Waals surface area contributed by atoms with Gasteiger partial charge in [0.05, 0.1) is 6.61 Å². The first kappa shape index (κ1) is 13.7. The zero-order valence-corrected chi connectivity index (χ0v) is 8.36. The first-order valence-electron chi connectivity index (χ1n) is 4.19. The van der Waals surface area contributed by atoms with Crippen molar-refractivity contribution in [3.05, 3.63) is 0 Å². The van der Waals surface area contributed by atoms with E-state index < -0.39 is 18.3 Å². The van der Waals surface area contributed by atoms with Crippen LogP contribution in [-0.4, -0.2) is 38.6 Å². The number of rotatable bonds is 6. The lowest BCUT2D eigenvalue weighted by atomic mass is 10.0. The third-order valence-corrected chi connectivity index (χ3v) is 1.56. The molecule has 0 saturated heterocycles. The molecule has 3 nitrogen and oxygen atoms in total. The summed E-state index contributed by atoms with van der Waals surface area (Å²) in [6.07, 6.45) is -3.94. The summed E-state index contributed by atoms with van der Waals surface area (Å²) in [4.78, 5) is 0. The van der Waals surface area contributed by atoms with Gasteiger partial charge >= 0.3 is 6.18 Å². The van der Waals surface area contributed by atoms with Crippen LogP contribution in [-0.2, 0) is 9.47 Å². The van der Waals surface area contributed by atoms with Crippen LogP contribution >= 0.6 is 0 Å². The highest BCUT2D eigenvalue weighted by molar-refractivity contribution is 4.77. The molecule has 0 bridgehead atoms. The highest BCUT2D eigenvalue weighted by Crippen LogP contribution is 2.15. The van der Waals surface area contributed by atoms with Gasteiger partial charge in [-0.15, -0.1) is 0 Å². The van der Waals surface area contributed by atoms with Crippen LogP contribution < -0.4 is 5.73 Å². The molecule has 0 aliphatic rings. The van der Waals surface area contributed by atoms with Crippen molar-refractivity contribution >= 4 is 0 Å². The molecule has 86 valence electrons. The van der Waals surface area contributed by atoms with Crippen LogP contribution in [0.5, 0.6) is 0 Å². The molecule has 0 heterocycles. The SMILES string of the molecule is COCC(C)(N)CCOCC(F)(F)F. The van der Waals surface area contributed by atoms with Crippen molar-refractivity contribution in [3.8, 4) is 0 Å². The van der Waals surface area contributed by atoms with Gasteiger partial charge in [0.1, 0.15) is 6.61 Å². The quantitative estimate of drug-likeness (QED) is 0.679. The van der Waals surface area contributed by atoms with E-state index in [4.69, 9.17) is 10.5 Å². The van der Waals surface area contributed by atoms with Crippen LogP contribution in [0, 0.1) is 0 Å². The average molecular weight is 215 g/mol. The van der Waals surface area contributed by atoms with Crippen molar-refractivity contribution < 1.29 is 22.6 Å². The second-order valence-electron chi connectivity index (χ2n) is 3.50. The van der Waals surface area contributed by atoms with Gasteiger partial charge in [0.15, 0.2) is 0 Å². The molecule has 0 rings (SSSR count). The van der Waals surface area contributed by atoms with Gasteiger partial charge in [-0.3, -0.25) is 0 Å². The average Bonchev–Trinajstić information content (AvgIpc) is 1.96. The summed E-state index contributed by atoms with van der Waals surface area (Å²) in [7, 11) is 1.49. The highest BCUT2D eigenvalue weighted by atomic mass is 19.4. The molecule has 0 radical (unpaired) electrons. The minimum Gasteiger partial charge on any atom is -0.383 e. The van der Waals surface area contributed by atoms with Gasteiger partial charge in [-0.2, -0.15) is 13.2 Å². The van der Waals surface area contributed by atoms with E-state index in [9.17, 15) is 13.2 Å². The van der Waals surface area contributed by atoms with Gasteiger partial charge in [0.25, 0.3) is 0 Å². The second-order valence-corrected chi connectivity index (χ2v) is 3.50. The largest absolute Gasteiger partial charge is 0.411 e. The fourth-order valence-electron chi connectivity index (χ4n) is 0.895. The Morgan fingerprint density at radius 1 is 1.21 bits per heavy atom. The number of methoxy groups -OCH3 is 1. The van der Waals surface area contributed by atoms with Crippen LogP contribution in [0.1, 0.15) is 13.3 Å². The summed E-state index contributed by atoms with van der Waals surface area (Å²) in [6.45, 7) is 0.752. The molecule has 0 aromatic heterocycles. The van der Waals surface area contributed by atoms with E-state index in [1.54, 1.807) is 6.92 Å². The number of ether oxygens (including phenoxy) is 2. The maximum absolute atomic E-state index is 11.6. The summed E-state index contributed by atoms with van der Waals surface area (Å²) >= 11 is 0. The van der Waals surface area contributed by atoms with E-state index in [-0.39, 0.29) is 6.61 Å². The topological polar surface area (TPSA) is 44.5 Å². The molecule has 0 fully saturated rings. The predicted octanol–water partition coefficient (Wildman–Crippen LogP) is 1.32. The fraction of sp³-hybridized carbons (Fsp3) is 1.00. The Hall–Kier alpha value is -0.330. The van der Waals surface area contributed by atoms with Gasteiger partial charge in [0.2, 0.25) is 0 Å². The van der Waals surface area contributed by atoms with Crippen molar-refractivity contribution in [1.29, 1.82) is 0 Å². The summed E-state index contributed by atoms with van der Waals surface area (Å²) in [5.41, 5.74) is 5.05. The number of nitrogens with two attached hydrogens (primary N) is 1. The second kappa shape index (κ2) is 5.53. The number of hydrogen-bond donors (Lipinski definition) is 1. The smallest absolute Gasteiger partial charge is 0.383 e. The van der Waals surface area contributed by atoms with E-state index >= 15 is 0 Å². The molecule has 0 amide bonds. The van der Waals surface area contributed by atoms with Crippen molar-refractivity contribution in [3.63, 3.8) is 0 Å². The Kier molecular flexibility index (Phi) is 5.40. The van der Waals surface area contributed by atoms with Crippen molar-refractivity contribution in [2.24, 2.45) is 5.73 Å². The van der Waals surface area contributed by atoms with E-state index in [0.29, 0.717) is 13.0 Å². The number of hydrogen-bond acceptors (Lipinski definition) is 3. The highest BCUT2D eigenvalue weighted by Gasteiger charge is 2.28. The van der Waals surface area contributed by atoms with Crippen molar-refractivity contribution in [1.82, 2.24) is 0 Å². The van der Waals surface area contributed by atoms with Crippen LogP contribution in [0.4, 0.5) is 13.2 Å². The van der Waals surface area contributed by atoms with E-state index in [1.807, 2.05) is 0 Å². The van der Waals surface area contributed by atoms with Crippen LogP contribution in [0.25, 0.3) is 0 Å². The van der Waals surface area contributed by atoms with Gasteiger partial charge in [-0.25, -0.2) is 0 Å². The molecule has 0 aliphatic heterocycles. The molecule has 6 heteroatoms. The molecule has 0 saturated carbocycles. The summed E-state index contributed by atoms with van der Waals surface area (Å²) in [5, 5.41) is 0. The zero-order valence-electron chi connectivity index (χ0n) is 8.36. The Bertz CT molecular complexity index is 159. The minimum absolute atomic E-state index is 0.0180. The molecule has 0 aromatic rings. The van der Waals surface area contributed by atoms with E-state index in [0.717, 1.165) is 0 Å². The molecular formula is C8H16F3NO2. The normalized spacial score (nSPS) is 16.7. The molecule has 0 aliphatic carbocycles. The third-order valence-electron chi connectivity index (χ3n) is 1.56. The molecular weight excluding hydrogens is 199 g/mol. The minimum atomic E-state index is -4.27. The molecule has 0 spiro atoms. The zero-order chi connectivity index (χ0) is 11.2. The lowest BCUT2D eigenvalue weighted by molar-refractivity contribution is -0.174. The van der Waals surface area contributed by atoms with Gasteiger partial charge in [-0.05, 0) is 13.3 Å². The van der Waals surface area contributed by atoms with E-state index in [1.165, 1.54) is 7.11 Å². The van der Waals surface area contributed by atoms with E-state index in [2.05, 4.69) is 4.74 Å². The molecule has 0 aromatic carbocycles. The fourth-order valence-corrected chi connectivity index (χ4v) is 0.895. The summed E-state index contributed by atoms with van der Waals surface area (Å²) < 4.78 is 44.1. The first-order valence-corrected chi connectivity index (χ1v) is 4.19. The number of halogens is 3. The number of alkyl halides is 3. The van der Waals surface area contributed by atoms with Crippen LogP contribution in [0.3, 0.4) is 0 Å². The van der Waals surface area contributed by atoms with Gasteiger partial charge in [0, 0.05) is 19.3 Å². The standard InChI is InChI=1S/C8H16F3NO2/c1-7(12,5-13-2)3-4-14-6-8(9,10)11/h3-6,12H2,1-2H3. The molecule has 1 atom stereocenters. The lowest BCUT2D eigenvalue weighted by Gasteiger charge is -2.23. The Labute approximate surface area is 81.4 Å². The maximum atomic E-state index is 11.6. The third kappa shape index (κ3) is 8.28. The summed E-state index contributed by atoms with van der Waals surface area (Å²) in [5.74, 6) is 0. The molecule has 14 heavy (non-hydrogen) atoms. The maximum Gasteiger partial charge on any atom is 0.411 e. The van der Waals surface area contributed by atoms with Crippen LogP contribution in [0.2, 0.25) is 0 Å². The monoisotopic (exact) mass is 215 g/mol. The molecule has 2 N–H and O–H groups in total. The Morgan fingerprint density at radius 2 is 1.79 bits per heavy atom. The Balaban J connectivity index is 3.54. The van der Waals surface area contributed by atoms with Crippen molar-refractivity contribution in [2.45, 2.75) is 25.1 Å².